The van der Waals surface area contributed by atoms with Crippen LogP contribution in [0, 0.1) is 5.92 Å². The molecule has 3 aliphatic rings. The van der Waals surface area contributed by atoms with E-state index in [4.69, 9.17) is 4.74 Å². The van der Waals surface area contributed by atoms with Gasteiger partial charge in [-0.3, -0.25) is 19.8 Å². The average Bonchev–Trinajstić information content (AvgIpc) is 2.72. The van der Waals surface area contributed by atoms with E-state index in [1.807, 2.05) is 12.1 Å². The molecule has 3 saturated heterocycles. The van der Waals surface area contributed by atoms with Gasteiger partial charge < -0.3 is 15.0 Å². The van der Waals surface area contributed by atoms with E-state index in [2.05, 4.69) is 25.4 Å². The first-order valence-corrected chi connectivity index (χ1v) is 10.3. The fourth-order valence-corrected chi connectivity index (χ4v) is 4.17. The lowest BCUT2D eigenvalue weighted by Gasteiger charge is -2.37. The molecule has 0 aromatic carbocycles. The quantitative estimate of drug-likeness (QED) is 0.707. The van der Waals surface area contributed by atoms with Crippen molar-refractivity contribution in [2.45, 2.75) is 31.8 Å². The third kappa shape index (κ3) is 4.80. The Balaban J connectivity index is 1.25. The van der Waals surface area contributed by atoms with Crippen molar-refractivity contribution in [1.29, 1.82) is 0 Å². The Morgan fingerprint density at radius 2 is 1.86 bits per heavy atom. The molecule has 0 radical (unpaired) electrons. The van der Waals surface area contributed by atoms with E-state index >= 15 is 0 Å². The molecule has 1 atom stereocenters. The Morgan fingerprint density at radius 3 is 2.54 bits per heavy atom. The van der Waals surface area contributed by atoms with Gasteiger partial charge in [0.2, 0.25) is 5.91 Å². The number of pyridine rings is 1. The highest BCUT2D eigenvalue weighted by molar-refractivity contribution is 5.99. The standard InChI is InChI=1S/C20H29N5O3/c26-19-4-2-17(20(27)23-19)28-16-1-3-18(22-13-16)25-11-9-24(10-12-25)14-15-5-7-21-8-6-15/h1,3,13,15,17,21H,2,4-12,14H2,(H,23,26,27). The number of imide groups is 1. The van der Waals surface area contributed by atoms with Crippen molar-refractivity contribution in [1.82, 2.24) is 20.5 Å². The Hall–Kier alpha value is -2.19. The van der Waals surface area contributed by atoms with Gasteiger partial charge >= 0.3 is 0 Å². The van der Waals surface area contributed by atoms with Gasteiger partial charge in [0.1, 0.15) is 11.6 Å². The highest BCUT2D eigenvalue weighted by atomic mass is 16.5. The van der Waals surface area contributed by atoms with Crippen LogP contribution in [0.25, 0.3) is 0 Å². The molecule has 4 rings (SSSR count). The molecule has 28 heavy (non-hydrogen) atoms. The smallest absolute Gasteiger partial charge is 0.267 e. The molecule has 2 amide bonds. The molecular weight excluding hydrogens is 358 g/mol. The molecule has 8 nitrogen and oxygen atoms in total. The Labute approximate surface area is 165 Å². The molecule has 1 aromatic rings. The van der Waals surface area contributed by atoms with Crippen LogP contribution in [0.3, 0.4) is 0 Å². The second kappa shape index (κ2) is 8.87. The molecular formula is C20H29N5O3. The van der Waals surface area contributed by atoms with Gasteiger partial charge in [-0.25, -0.2) is 4.98 Å². The van der Waals surface area contributed by atoms with Gasteiger partial charge in [-0.15, -0.1) is 0 Å². The molecule has 3 aliphatic heterocycles. The fraction of sp³-hybridized carbons (Fsp3) is 0.650. The second-order valence-electron chi connectivity index (χ2n) is 7.89. The van der Waals surface area contributed by atoms with Crippen LogP contribution in [0.2, 0.25) is 0 Å². The molecule has 0 saturated carbocycles. The zero-order valence-electron chi connectivity index (χ0n) is 16.2. The predicted molar refractivity (Wildman–Crippen MR) is 105 cm³/mol. The van der Waals surface area contributed by atoms with Crippen LogP contribution in [-0.2, 0) is 9.59 Å². The van der Waals surface area contributed by atoms with Crippen molar-refractivity contribution in [2.24, 2.45) is 5.92 Å². The number of nitrogens with one attached hydrogen (secondary N) is 2. The van der Waals surface area contributed by atoms with Crippen LogP contribution in [0.4, 0.5) is 5.82 Å². The summed E-state index contributed by atoms with van der Waals surface area (Å²) >= 11 is 0. The van der Waals surface area contributed by atoms with Crippen LogP contribution in [0.1, 0.15) is 25.7 Å². The maximum Gasteiger partial charge on any atom is 0.267 e. The minimum atomic E-state index is -0.621. The van der Waals surface area contributed by atoms with E-state index in [9.17, 15) is 9.59 Å². The van der Waals surface area contributed by atoms with Crippen molar-refractivity contribution >= 4 is 17.6 Å². The van der Waals surface area contributed by atoms with E-state index in [-0.39, 0.29) is 11.8 Å². The van der Waals surface area contributed by atoms with Crippen molar-refractivity contribution in [3.8, 4) is 5.75 Å². The maximum atomic E-state index is 11.8. The first-order chi connectivity index (χ1) is 13.7. The minimum absolute atomic E-state index is 0.238. The van der Waals surface area contributed by atoms with Crippen molar-refractivity contribution in [3.05, 3.63) is 18.3 Å². The predicted octanol–water partition coefficient (Wildman–Crippen LogP) is 0.387. The van der Waals surface area contributed by atoms with E-state index in [1.165, 1.54) is 19.4 Å². The lowest BCUT2D eigenvalue weighted by atomic mass is 9.97. The number of piperidine rings is 2. The number of hydrogen-bond donors (Lipinski definition) is 2. The number of rotatable bonds is 5. The Bertz CT molecular complexity index is 682. The monoisotopic (exact) mass is 387 g/mol. The molecule has 2 N–H and O–H groups in total. The third-order valence-electron chi connectivity index (χ3n) is 5.86. The summed E-state index contributed by atoms with van der Waals surface area (Å²) in [6, 6.07) is 3.80. The SMILES string of the molecule is O=C1CCC(Oc2ccc(N3CCN(CC4CCNCC4)CC3)nc2)C(=O)N1. The lowest BCUT2D eigenvalue weighted by molar-refractivity contribution is -0.138. The number of hydrogen-bond acceptors (Lipinski definition) is 7. The van der Waals surface area contributed by atoms with E-state index in [1.54, 1.807) is 6.20 Å². The molecule has 0 bridgehead atoms. The van der Waals surface area contributed by atoms with Crippen LogP contribution in [-0.4, -0.2) is 73.6 Å². The highest BCUT2D eigenvalue weighted by Crippen LogP contribution is 2.21. The largest absolute Gasteiger partial charge is 0.479 e. The normalized spacial score (nSPS) is 24.9. The van der Waals surface area contributed by atoms with E-state index in [0.717, 1.165) is 51.0 Å². The highest BCUT2D eigenvalue weighted by Gasteiger charge is 2.28. The van der Waals surface area contributed by atoms with Gasteiger partial charge in [-0.2, -0.15) is 0 Å². The van der Waals surface area contributed by atoms with E-state index in [0.29, 0.717) is 18.6 Å². The summed E-state index contributed by atoms with van der Waals surface area (Å²) in [5.74, 6) is 1.72. The van der Waals surface area contributed by atoms with Gasteiger partial charge in [0, 0.05) is 45.6 Å². The number of carbonyl (C=O) groups is 2. The van der Waals surface area contributed by atoms with E-state index < -0.39 is 6.10 Å². The second-order valence-corrected chi connectivity index (χ2v) is 7.89. The number of aromatic nitrogens is 1. The summed E-state index contributed by atoms with van der Waals surface area (Å²) in [5, 5.41) is 5.74. The van der Waals surface area contributed by atoms with Gasteiger partial charge in [-0.05, 0) is 44.0 Å². The van der Waals surface area contributed by atoms with Gasteiger partial charge in [0.25, 0.3) is 5.91 Å². The molecule has 152 valence electrons. The zero-order chi connectivity index (χ0) is 19.3. The summed E-state index contributed by atoms with van der Waals surface area (Å²) in [5.41, 5.74) is 0. The number of ether oxygens (including phenoxy) is 1. The van der Waals surface area contributed by atoms with Gasteiger partial charge in [0.15, 0.2) is 6.10 Å². The lowest BCUT2D eigenvalue weighted by Crippen LogP contribution is -2.48. The Kier molecular flexibility index (Phi) is 6.07. The van der Waals surface area contributed by atoms with Crippen LogP contribution in [0.15, 0.2) is 18.3 Å². The number of piperazine rings is 1. The van der Waals surface area contributed by atoms with Crippen LogP contribution >= 0.6 is 0 Å². The van der Waals surface area contributed by atoms with Crippen LogP contribution in [0.5, 0.6) is 5.75 Å². The fourth-order valence-electron chi connectivity index (χ4n) is 4.17. The number of nitrogens with zero attached hydrogens (tertiary/aromatic N) is 3. The summed E-state index contributed by atoms with van der Waals surface area (Å²) in [6.07, 6.45) is 4.34. The summed E-state index contributed by atoms with van der Waals surface area (Å²) in [4.78, 5) is 32.4. The topological polar surface area (TPSA) is 86.8 Å². The molecule has 0 spiro atoms. The molecule has 8 heteroatoms. The van der Waals surface area contributed by atoms with Crippen molar-refractivity contribution in [2.75, 3.05) is 50.7 Å². The molecule has 0 aliphatic carbocycles. The first-order valence-electron chi connectivity index (χ1n) is 10.3. The van der Waals surface area contributed by atoms with Crippen LogP contribution < -0.4 is 20.3 Å². The van der Waals surface area contributed by atoms with Gasteiger partial charge in [0.05, 0.1) is 6.20 Å². The summed E-state index contributed by atoms with van der Waals surface area (Å²) in [7, 11) is 0. The maximum absolute atomic E-state index is 11.8. The van der Waals surface area contributed by atoms with Crippen molar-refractivity contribution in [3.63, 3.8) is 0 Å². The summed E-state index contributed by atoms with van der Waals surface area (Å²) in [6.45, 7) is 7.61. The Morgan fingerprint density at radius 1 is 1.07 bits per heavy atom. The zero-order valence-corrected chi connectivity index (χ0v) is 16.2. The summed E-state index contributed by atoms with van der Waals surface area (Å²) < 4.78 is 5.70. The van der Waals surface area contributed by atoms with Gasteiger partial charge in [-0.1, -0.05) is 0 Å². The molecule has 1 unspecified atom stereocenters. The van der Waals surface area contributed by atoms with Crippen molar-refractivity contribution < 1.29 is 14.3 Å². The number of anilines is 1. The molecule has 1 aromatic heterocycles. The molecule has 3 fully saturated rings. The number of amides is 2. The molecule has 4 heterocycles. The average molecular weight is 387 g/mol. The first kappa shape index (κ1) is 19.1. The third-order valence-corrected chi connectivity index (χ3v) is 5.86. The number of carbonyl (C=O) groups excluding carboxylic acids is 2. The minimum Gasteiger partial charge on any atom is -0.479 e.